The predicted octanol–water partition coefficient (Wildman–Crippen LogP) is 5.38. The van der Waals surface area contributed by atoms with E-state index in [1.807, 2.05) is 0 Å². The quantitative estimate of drug-likeness (QED) is 0.325. The highest BCUT2D eigenvalue weighted by Crippen LogP contribution is 2.38. The Morgan fingerprint density at radius 1 is 1.09 bits per heavy atom. The SMILES string of the molecule is COc1cc(/C=C2/NC(=O)N(c3cccc(Cl)c3)C2=O)cc(Cl)c1OCc1ccc(C(=O)O)cc1. The second-order valence-corrected chi connectivity index (χ2v) is 8.28. The third-order valence-electron chi connectivity index (χ3n) is 5.09. The summed E-state index contributed by atoms with van der Waals surface area (Å²) in [5, 5.41) is 12.2. The Morgan fingerprint density at radius 2 is 1.83 bits per heavy atom. The first-order chi connectivity index (χ1) is 16.8. The number of rotatable bonds is 7. The number of carboxylic acid groups (broad SMARTS) is 1. The van der Waals surface area contributed by atoms with E-state index in [9.17, 15) is 14.4 Å². The molecule has 1 heterocycles. The highest BCUT2D eigenvalue weighted by Gasteiger charge is 2.35. The molecule has 1 fully saturated rings. The first kappa shape index (κ1) is 24.1. The Bertz CT molecular complexity index is 1350. The highest BCUT2D eigenvalue weighted by atomic mass is 35.5. The summed E-state index contributed by atoms with van der Waals surface area (Å²) in [6.07, 6.45) is 1.48. The molecule has 3 aromatic carbocycles. The molecule has 0 unspecified atom stereocenters. The van der Waals surface area contributed by atoms with E-state index in [-0.39, 0.29) is 28.6 Å². The zero-order valence-corrected chi connectivity index (χ0v) is 19.8. The summed E-state index contributed by atoms with van der Waals surface area (Å²) in [7, 11) is 1.44. The van der Waals surface area contributed by atoms with Gasteiger partial charge < -0.3 is 19.9 Å². The molecule has 35 heavy (non-hydrogen) atoms. The molecule has 10 heteroatoms. The lowest BCUT2D eigenvalue weighted by Crippen LogP contribution is -2.30. The number of aromatic carboxylic acids is 1. The van der Waals surface area contributed by atoms with Crippen LogP contribution in [0.15, 0.2) is 66.4 Å². The van der Waals surface area contributed by atoms with Crippen LogP contribution in [0.3, 0.4) is 0 Å². The van der Waals surface area contributed by atoms with Crippen molar-refractivity contribution in [2.24, 2.45) is 0 Å². The number of nitrogens with zero attached hydrogens (tertiary/aromatic N) is 1. The molecule has 3 aromatic rings. The maximum atomic E-state index is 12.9. The molecular weight excluding hydrogens is 495 g/mol. The van der Waals surface area contributed by atoms with Crippen LogP contribution in [0.4, 0.5) is 10.5 Å². The molecule has 0 atom stereocenters. The lowest BCUT2D eigenvalue weighted by molar-refractivity contribution is -0.113. The summed E-state index contributed by atoms with van der Waals surface area (Å²) in [5.74, 6) is -0.965. The van der Waals surface area contributed by atoms with Crippen molar-refractivity contribution >= 4 is 52.9 Å². The lowest BCUT2D eigenvalue weighted by Gasteiger charge is -2.14. The number of imide groups is 1. The zero-order valence-electron chi connectivity index (χ0n) is 18.2. The van der Waals surface area contributed by atoms with Gasteiger partial charge >= 0.3 is 12.0 Å². The minimum Gasteiger partial charge on any atom is -0.493 e. The Balaban J connectivity index is 1.55. The molecule has 4 rings (SSSR count). The molecular formula is C25H18Cl2N2O6. The standard InChI is InChI=1S/C25H18Cl2N2O6/c1-34-21-11-15(9-19(27)22(21)35-13-14-5-7-16(8-6-14)24(31)32)10-20-23(30)29(25(33)28-20)18-4-2-3-17(26)12-18/h2-12H,13H2,1H3,(H,28,33)(H,31,32)/b20-10+. The summed E-state index contributed by atoms with van der Waals surface area (Å²) in [4.78, 5) is 37.3. The lowest BCUT2D eigenvalue weighted by atomic mass is 10.1. The van der Waals surface area contributed by atoms with Gasteiger partial charge in [-0.1, -0.05) is 41.4 Å². The average molecular weight is 513 g/mol. The fourth-order valence-corrected chi connectivity index (χ4v) is 3.87. The molecule has 0 bridgehead atoms. The van der Waals surface area contributed by atoms with Crippen LogP contribution in [0.25, 0.3) is 6.08 Å². The van der Waals surface area contributed by atoms with Crippen molar-refractivity contribution in [3.63, 3.8) is 0 Å². The number of amides is 3. The Kier molecular flexibility index (Phi) is 6.95. The van der Waals surface area contributed by atoms with Gasteiger partial charge in [-0.15, -0.1) is 0 Å². The molecule has 1 saturated heterocycles. The topological polar surface area (TPSA) is 105 Å². The number of methoxy groups -OCH3 is 1. The molecule has 3 amide bonds. The van der Waals surface area contributed by atoms with Crippen molar-refractivity contribution in [3.05, 3.63) is 93.1 Å². The summed E-state index contributed by atoms with van der Waals surface area (Å²) in [6, 6.07) is 15.2. The average Bonchev–Trinajstić information content (AvgIpc) is 3.10. The number of urea groups is 1. The summed E-state index contributed by atoms with van der Waals surface area (Å²) in [5.41, 5.74) is 1.81. The monoisotopic (exact) mass is 512 g/mol. The fraction of sp³-hybridized carbons (Fsp3) is 0.0800. The number of carbonyl (C=O) groups is 3. The van der Waals surface area contributed by atoms with Crippen LogP contribution in [-0.2, 0) is 11.4 Å². The number of hydrogen-bond donors (Lipinski definition) is 2. The van der Waals surface area contributed by atoms with Gasteiger partial charge in [0.1, 0.15) is 12.3 Å². The molecule has 1 aliphatic heterocycles. The van der Waals surface area contributed by atoms with Crippen LogP contribution in [-0.4, -0.2) is 30.1 Å². The molecule has 0 aromatic heterocycles. The largest absolute Gasteiger partial charge is 0.493 e. The van der Waals surface area contributed by atoms with Gasteiger partial charge in [0.15, 0.2) is 11.5 Å². The van der Waals surface area contributed by atoms with Crippen LogP contribution in [0.1, 0.15) is 21.5 Å². The van der Waals surface area contributed by atoms with Crippen LogP contribution >= 0.6 is 23.2 Å². The van der Waals surface area contributed by atoms with Gasteiger partial charge in [-0.2, -0.15) is 0 Å². The number of hydrogen-bond acceptors (Lipinski definition) is 5. The van der Waals surface area contributed by atoms with E-state index in [1.54, 1.807) is 42.5 Å². The van der Waals surface area contributed by atoms with Gasteiger partial charge in [-0.3, -0.25) is 4.79 Å². The zero-order chi connectivity index (χ0) is 25.1. The van der Waals surface area contributed by atoms with Gasteiger partial charge in [-0.25, -0.2) is 14.5 Å². The number of carboxylic acids is 1. The molecule has 2 N–H and O–H groups in total. The molecule has 0 aliphatic carbocycles. The van der Waals surface area contributed by atoms with Crippen LogP contribution in [0, 0.1) is 0 Å². The number of carbonyl (C=O) groups excluding carboxylic acids is 2. The van der Waals surface area contributed by atoms with E-state index in [0.717, 1.165) is 10.5 Å². The van der Waals surface area contributed by atoms with Crippen LogP contribution in [0.2, 0.25) is 10.0 Å². The van der Waals surface area contributed by atoms with E-state index in [1.165, 1.54) is 31.4 Å². The maximum Gasteiger partial charge on any atom is 0.335 e. The van der Waals surface area contributed by atoms with Crippen molar-refractivity contribution in [1.29, 1.82) is 0 Å². The Hall–Kier alpha value is -4.01. The van der Waals surface area contributed by atoms with Gasteiger partial charge in [0.25, 0.3) is 5.91 Å². The Morgan fingerprint density at radius 3 is 2.49 bits per heavy atom. The smallest absolute Gasteiger partial charge is 0.335 e. The van der Waals surface area contributed by atoms with Crippen LogP contribution < -0.4 is 19.7 Å². The first-order valence-electron chi connectivity index (χ1n) is 10.2. The van der Waals surface area contributed by atoms with Gasteiger partial charge in [-0.05, 0) is 59.7 Å². The minimum absolute atomic E-state index is 0.0558. The maximum absolute atomic E-state index is 12.9. The summed E-state index contributed by atoms with van der Waals surface area (Å²) >= 11 is 12.4. The highest BCUT2D eigenvalue weighted by molar-refractivity contribution is 6.33. The van der Waals surface area contributed by atoms with Gasteiger partial charge in [0.05, 0.1) is 23.4 Å². The van der Waals surface area contributed by atoms with E-state index in [0.29, 0.717) is 22.0 Å². The predicted molar refractivity (Wildman–Crippen MR) is 131 cm³/mol. The van der Waals surface area contributed by atoms with Crippen molar-refractivity contribution in [3.8, 4) is 11.5 Å². The fourth-order valence-electron chi connectivity index (χ4n) is 3.41. The first-order valence-corrected chi connectivity index (χ1v) is 11.0. The number of nitrogens with one attached hydrogen (secondary N) is 1. The number of benzene rings is 3. The van der Waals surface area contributed by atoms with E-state index < -0.39 is 17.9 Å². The second kappa shape index (κ2) is 10.1. The minimum atomic E-state index is -1.01. The molecule has 0 saturated carbocycles. The van der Waals surface area contributed by atoms with E-state index >= 15 is 0 Å². The van der Waals surface area contributed by atoms with Crippen molar-refractivity contribution < 1.29 is 29.0 Å². The molecule has 1 aliphatic rings. The number of anilines is 1. The molecule has 0 radical (unpaired) electrons. The normalized spacial score (nSPS) is 14.3. The van der Waals surface area contributed by atoms with Crippen molar-refractivity contribution in [2.45, 2.75) is 6.61 Å². The molecule has 8 nitrogen and oxygen atoms in total. The van der Waals surface area contributed by atoms with E-state index in [2.05, 4.69) is 5.32 Å². The van der Waals surface area contributed by atoms with Crippen molar-refractivity contribution in [1.82, 2.24) is 5.32 Å². The van der Waals surface area contributed by atoms with Crippen LogP contribution in [0.5, 0.6) is 11.5 Å². The number of ether oxygens (including phenoxy) is 2. The third kappa shape index (κ3) is 5.24. The molecule has 178 valence electrons. The summed E-state index contributed by atoms with van der Waals surface area (Å²) in [6.45, 7) is 0.125. The van der Waals surface area contributed by atoms with Gasteiger partial charge in [0, 0.05) is 5.02 Å². The third-order valence-corrected chi connectivity index (χ3v) is 5.61. The van der Waals surface area contributed by atoms with Crippen molar-refractivity contribution in [2.75, 3.05) is 12.0 Å². The summed E-state index contributed by atoms with van der Waals surface area (Å²) < 4.78 is 11.2. The second-order valence-electron chi connectivity index (χ2n) is 7.43. The number of halogens is 2. The Labute approximate surface area is 210 Å². The van der Waals surface area contributed by atoms with E-state index in [4.69, 9.17) is 37.8 Å². The van der Waals surface area contributed by atoms with Gasteiger partial charge in [0.2, 0.25) is 0 Å². The molecule has 0 spiro atoms.